The predicted molar refractivity (Wildman–Crippen MR) is 119 cm³/mol. The maximum atomic E-state index is 13.1. The summed E-state index contributed by atoms with van der Waals surface area (Å²) in [6.07, 6.45) is 4.08. The van der Waals surface area contributed by atoms with Gasteiger partial charge in [-0.1, -0.05) is 35.5 Å². The van der Waals surface area contributed by atoms with Gasteiger partial charge >= 0.3 is 0 Å². The predicted octanol–water partition coefficient (Wildman–Crippen LogP) is 4.06. The first-order valence-corrected chi connectivity index (χ1v) is 11.5. The maximum absolute atomic E-state index is 13.1. The number of hydrogen-bond donors (Lipinski definition) is 1. The Balaban J connectivity index is 1.41. The number of carbonyl (C=O) groups is 1. The van der Waals surface area contributed by atoms with Gasteiger partial charge in [-0.3, -0.25) is 9.59 Å². The summed E-state index contributed by atoms with van der Waals surface area (Å²) in [6, 6.07) is 8.97. The van der Waals surface area contributed by atoms with Crippen LogP contribution in [0.15, 0.2) is 40.5 Å². The Labute approximate surface area is 180 Å². The highest BCUT2D eigenvalue weighted by molar-refractivity contribution is 7.18. The van der Waals surface area contributed by atoms with E-state index in [9.17, 15) is 9.59 Å². The van der Waals surface area contributed by atoms with Crippen molar-refractivity contribution < 1.29 is 4.79 Å². The summed E-state index contributed by atoms with van der Waals surface area (Å²) >= 11 is 2.90. The molecule has 7 nitrogen and oxygen atoms in total. The second-order valence-electron chi connectivity index (χ2n) is 7.30. The summed E-state index contributed by atoms with van der Waals surface area (Å²) < 4.78 is 1.19. The van der Waals surface area contributed by atoms with Gasteiger partial charge in [-0.2, -0.15) is 4.68 Å². The largest absolute Gasteiger partial charge is 0.300 e. The molecule has 152 valence electrons. The zero-order chi connectivity index (χ0) is 20.7. The molecular weight excluding hydrogens is 418 g/mol. The Hall–Kier alpha value is -2.91. The molecule has 3 heterocycles. The minimum absolute atomic E-state index is 0.244. The van der Waals surface area contributed by atoms with Crippen LogP contribution in [0.1, 0.15) is 36.2 Å². The molecule has 1 unspecified atom stereocenters. The summed E-state index contributed by atoms with van der Waals surface area (Å²) in [4.78, 5) is 32.3. The fourth-order valence-corrected chi connectivity index (χ4v) is 5.65. The second-order valence-corrected chi connectivity index (χ2v) is 9.24. The van der Waals surface area contributed by atoms with Crippen LogP contribution in [0, 0.1) is 0 Å². The van der Waals surface area contributed by atoms with Crippen molar-refractivity contribution in [2.24, 2.45) is 0 Å². The molecule has 1 aliphatic rings. The Kier molecular flexibility index (Phi) is 4.92. The zero-order valence-electron chi connectivity index (χ0n) is 16.3. The number of thiazole rings is 1. The second kappa shape index (κ2) is 7.73. The molecule has 0 saturated heterocycles. The van der Waals surface area contributed by atoms with Gasteiger partial charge in [0.05, 0.1) is 11.1 Å². The number of amides is 1. The number of aryl methyl sites for hydroxylation is 2. The minimum atomic E-state index is -0.794. The fraction of sp³-hybridized carbons (Fsp3) is 0.286. The number of anilines is 1. The van der Waals surface area contributed by atoms with Crippen LogP contribution >= 0.6 is 22.7 Å². The van der Waals surface area contributed by atoms with Crippen molar-refractivity contribution in [3.05, 3.63) is 56.5 Å². The van der Waals surface area contributed by atoms with Gasteiger partial charge in [0.25, 0.3) is 11.5 Å². The molecule has 0 aliphatic heterocycles. The first-order valence-electron chi connectivity index (χ1n) is 9.83. The monoisotopic (exact) mass is 437 g/mol. The van der Waals surface area contributed by atoms with Gasteiger partial charge < -0.3 is 5.32 Å². The highest BCUT2D eigenvalue weighted by Crippen LogP contribution is 2.33. The highest BCUT2D eigenvalue weighted by atomic mass is 32.1. The number of aromatic nitrogens is 4. The topological polar surface area (TPSA) is 89.8 Å². The molecular formula is C21H19N5O2S2. The van der Waals surface area contributed by atoms with E-state index in [2.05, 4.69) is 20.6 Å². The lowest BCUT2D eigenvalue weighted by Crippen LogP contribution is -2.34. The molecule has 0 bridgehead atoms. The number of rotatable bonds is 4. The van der Waals surface area contributed by atoms with E-state index in [1.54, 1.807) is 18.3 Å². The molecule has 0 saturated carbocycles. The average Bonchev–Trinajstić information content (AvgIpc) is 3.39. The highest BCUT2D eigenvalue weighted by Gasteiger charge is 2.25. The molecule has 30 heavy (non-hydrogen) atoms. The van der Waals surface area contributed by atoms with E-state index in [1.807, 2.05) is 35.7 Å². The molecule has 1 atom stereocenters. The van der Waals surface area contributed by atoms with Crippen molar-refractivity contribution >= 4 is 43.9 Å². The van der Waals surface area contributed by atoms with Gasteiger partial charge in [0.15, 0.2) is 9.96 Å². The molecule has 4 aromatic rings. The van der Waals surface area contributed by atoms with Gasteiger partial charge in [-0.15, -0.1) is 27.8 Å². The van der Waals surface area contributed by atoms with Crippen LogP contribution in [0.3, 0.4) is 0 Å². The van der Waals surface area contributed by atoms with Gasteiger partial charge in [0.2, 0.25) is 0 Å². The first kappa shape index (κ1) is 19.1. The molecule has 3 aromatic heterocycles. The van der Waals surface area contributed by atoms with Crippen LogP contribution in [0.25, 0.3) is 21.5 Å². The fourth-order valence-electron chi connectivity index (χ4n) is 3.73. The lowest BCUT2D eigenvalue weighted by atomic mass is 9.97. The minimum Gasteiger partial charge on any atom is -0.300 e. The quantitative estimate of drug-likeness (QED) is 0.520. The standard InChI is InChI=1S/C21H19N5O2S2/c1-12(18(27)23-21-22-15(11-29-21)13-7-3-2-4-8-13)26-20(28)17-14-9-5-6-10-16(14)30-19(17)24-25-26/h2-4,7-8,11-12H,5-6,9-10H2,1H3,(H,22,23,27). The smallest absolute Gasteiger partial charge is 0.279 e. The number of hydrogen-bond acceptors (Lipinski definition) is 7. The van der Waals surface area contributed by atoms with Crippen molar-refractivity contribution in [1.29, 1.82) is 0 Å². The Bertz CT molecular complexity index is 1290. The summed E-state index contributed by atoms with van der Waals surface area (Å²) in [5.74, 6) is -0.344. The van der Waals surface area contributed by atoms with E-state index < -0.39 is 6.04 Å². The summed E-state index contributed by atoms with van der Waals surface area (Å²) in [7, 11) is 0. The van der Waals surface area contributed by atoms with Crippen molar-refractivity contribution in [2.75, 3.05) is 5.32 Å². The van der Waals surface area contributed by atoms with Crippen molar-refractivity contribution in [3.8, 4) is 11.3 Å². The molecule has 0 fully saturated rings. The number of benzene rings is 1. The van der Waals surface area contributed by atoms with E-state index in [0.29, 0.717) is 15.3 Å². The van der Waals surface area contributed by atoms with E-state index in [-0.39, 0.29) is 11.5 Å². The molecule has 1 amide bonds. The van der Waals surface area contributed by atoms with E-state index in [0.717, 1.165) is 42.5 Å². The van der Waals surface area contributed by atoms with Gasteiger partial charge in [0.1, 0.15) is 6.04 Å². The Morgan fingerprint density at radius 2 is 2.00 bits per heavy atom. The van der Waals surface area contributed by atoms with Crippen LogP contribution in [-0.4, -0.2) is 25.9 Å². The molecule has 1 N–H and O–H groups in total. The van der Waals surface area contributed by atoms with Gasteiger partial charge in [-0.25, -0.2) is 4.98 Å². The summed E-state index contributed by atoms with van der Waals surface area (Å²) in [6.45, 7) is 1.65. The number of thiophene rings is 1. The first-order chi connectivity index (χ1) is 14.6. The third-order valence-electron chi connectivity index (χ3n) is 5.36. The molecule has 0 radical (unpaired) electrons. The SMILES string of the molecule is CC(C(=O)Nc1nc(-c2ccccc2)cs1)n1nnc2sc3c(c2c1=O)CCCC3. The summed E-state index contributed by atoms with van der Waals surface area (Å²) in [5.41, 5.74) is 2.63. The number of nitrogens with zero attached hydrogens (tertiary/aromatic N) is 4. The van der Waals surface area contributed by atoms with E-state index >= 15 is 0 Å². The zero-order valence-corrected chi connectivity index (χ0v) is 17.9. The van der Waals surface area contributed by atoms with Crippen LogP contribution in [-0.2, 0) is 17.6 Å². The molecule has 1 aromatic carbocycles. The lowest BCUT2D eigenvalue weighted by molar-refractivity contribution is -0.119. The normalized spacial score (nSPS) is 14.4. The van der Waals surface area contributed by atoms with Gasteiger partial charge in [0, 0.05) is 15.8 Å². The number of carbonyl (C=O) groups excluding carboxylic acids is 1. The third kappa shape index (κ3) is 3.33. The van der Waals surface area contributed by atoms with Crippen molar-refractivity contribution in [2.45, 2.75) is 38.6 Å². The Morgan fingerprint density at radius 1 is 1.20 bits per heavy atom. The van der Waals surface area contributed by atoms with E-state index in [4.69, 9.17) is 0 Å². The average molecular weight is 438 g/mol. The Morgan fingerprint density at radius 3 is 2.83 bits per heavy atom. The van der Waals surface area contributed by atoms with Crippen LogP contribution in [0.2, 0.25) is 0 Å². The third-order valence-corrected chi connectivity index (χ3v) is 7.29. The number of fused-ring (bicyclic) bond motifs is 3. The molecule has 1 aliphatic carbocycles. The molecule has 0 spiro atoms. The van der Waals surface area contributed by atoms with Crippen LogP contribution < -0.4 is 10.9 Å². The lowest BCUT2D eigenvalue weighted by Gasteiger charge is -2.13. The van der Waals surface area contributed by atoms with Gasteiger partial charge in [-0.05, 0) is 38.2 Å². The summed E-state index contributed by atoms with van der Waals surface area (Å²) in [5, 5.41) is 14.1. The van der Waals surface area contributed by atoms with Crippen LogP contribution in [0.4, 0.5) is 5.13 Å². The molecule has 9 heteroatoms. The van der Waals surface area contributed by atoms with E-state index in [1.165, 1.54) is 20.9 Å². The maximum Gasteiger partial charge on any atom is 0.279 e. The van der Waals surface area contributed by atoms with Crippen molar-refractivity contribution in [1.82, 2.24) is 20.0 Å². The number of nitrogens with one attached hydrogen (secondary N) is 1. The molecule has 5 rings (SSSR count). The van der Waals surface area contributed by atoms with Crippen molar-refractivity contribution in [3.63, 3.8) is 0 Å². The van der Waals surface area contributed by atoms with Crippen LogP contribution in [0.5, 0.6) is 0 Å².